The Balaban J connectivity index is 2.81. The number of phosphoric acid groups is 1. The van der Waals surface area contributed by atoms with Crippen molar-refractivity contribution in [3.63, 3.8) is 0 Å². The second-order valence-corrected chi connectivity index (χ2v) is 10.6. The first-order chi connectivity index (χ1) is 17.3. The van der Waals surface area contributed by atoms with Gasteiger partial charge in [-0.15, -0.1) is 0 Å². The lowest BCUT2D eigenvalue weighted by Gasteiger charge is -2.24. The number of ether oxygens (including phenoxy) is 4. The molecular weight excluding hydrogens is 491 g/mol. The third-order valence-corrected chi connectivity index (χ3v) is 6.85. The predicted octanol–water partition coefficient (Wildman–Crippen LogP) is 5.45. The van der Waals surface area contributed by atoms with E-state index in [2.05, 4.69) is 13.8 Å². The van der Waals surface area contributed by atoms with Gasteiger partial charge in [0.15, 0.2) is 18.5 Å². The first-order valence-electron chi connectivity index (χ1n) is 13.5. The molecule has 36 heavy (non-hydrogen) atoms. The van der Waals surface area contributed by atoms with Gasteiger partial charge in [-0.3, -0.25) is 18.6 Å². The molecule has 0 aromatic carbocycles. The van der Waals surface area contributed by atoms with Gasteiger partial charge in [-0.05, 0) is 19.3 Å². The zero-order valence-corrected chi connectivity index (χ0v) is 23.4. The summed E-state index contributed by atoms with van der Waals surface area (Å²) in [6.45, 7) is 5.68. The molecule has 0 aliphatic carbocycles. The van der Waals surface area contributed by atoms with Crippen LogP contribution in [0.15, 0.2) is 0 Å². The fourth-order valence-corrected chi connectivity index (χ4v) is 4.68. The van der Waals surface area contributed by atoms with E-state index in [0.717, 1.165) is 51.4 Å². The molecule has 1 fully saturated rings. The Labute approximate surface area is 216 Å². The minimum Gasteiger partial charge on any atom is -0.455 e. The summed E-state index contributed by atoms with van der Waals surface area (Å²) >= 11 is 0. The number of carbonyl (C=O) groups excluding carboxylic acids is 2. The van der Waals surface area contributed by atoms with E-state index in [9.17, 15) is 19.0 Å². The average molecular weight is 539 g/mol. The molecule has 0 aromatic heterocycles. The van der Waals surface area contributed by atoms with E-state index in [1.165, 1.54) is 7.11 Å². The second kappa shape index (κ2) is 19.1. The normalized spacial score (nSPS) is 23.4. The smallest absolute Gasteiger partial charge is 0.455 e. The molecule has 1 heterocycles. The van der Waals surface area contributed by atoms with Crippen molar-refractivity contribution in [1.82, 2.24) is 0 Å². The molecule has 0 spiro atoms. The summed E-state index contributed by atoms with van der Waals surface area (Å²) in [6, 6.07) is 0. The summed E-state index contributed by atoms with van der Waals surface area (Å²) in [5.41, 5.74) is 0. The van der Waals surface area contributed by atoms with Crippen molar-refractivity contribution in [2.24, 2.45) is 0 Å². The summed E-state index contributed by atoms with van der Waals surface area (Å²) in [4.78, 5) is 35.0. The number of hydrogen-bond acceptors (Lipinski definition) is 9. The summed E-state index contributed by atoms with van der Waals surface area (Å²) in [5.74, 6) is -0.902. The molecule has 0 radical (unpaired) electrons. The Kier molecular flexibility index (Phi) is 17.5. The molecule has 1 N–H and O–H groups in total. The number of carbonyl (C=O) groups is 2. The fourth-order valence-electron chi connectivity index (χ4n) is 3.86. The third-order valence-electron chi connectivity index (χ3n) is 5.86. The van der Waals surface area contributed by atoms with Crippen LogP contribution in [0.3, 0.4) is 0 Å². The second-order valence-electron chi connectivity index (χ2n) is 9.11. The molecule has 0 bridgehead atoms. The monoisotopic (exact) mass is 538 g/mol. The van der Waals surface area contributed by atoms with Crippen LogP contribution in [-0.4, -0.2) is 61.8 Å². The van der Waals surface area contributed by atoms with Gasteiger partial charge in [0.25, 0.3) is 0 Å². The molecule has 5 atom stereocenters. The molecule has 0 amide bonds. The lowest BCUT2D eigenvalue weighted by Crippen LogP contribution is -2.42. The van der Waals surface area contributed by atoms with Crippen molar-refractivity contribution in [3.05, 3.63) is 0 Å². The number of unbranched alkanes of at least 4 members (excludes halogenated alkanes) is 8. The van der Waals surface area contributed by atoms with Gasteiger partial charge in [0.1, 0.15) is 6.10 Å². The van der Waals surface area contributed by atoms with Crippen LogP contribution < -0.4 is 0 Å². The van der Waals surface area contributed by atoms with Crippen molar-refractivity contribution in [1.29, 1.82) is 0 Å². The lowest BCUT2D eigenvalue weighted by atomic mass is 10.1. The molecule has 0 aromatic rings. The quantitative estimate of drug-likeness (QED) is 0.115. The lowest BCUT2D eigenvalue weighted by molar-refractivity contribution is -0.183. The highest BCUT2D eigenvalue weighted by Crippen LogP contribution is 2.44. The molecule has 5 unspecified atom stereocenters. The van der Waals surface area contributed by atoms with Gasteiger partial charge in [0.2, 0.25) is 0 Å². The largest absolute Gasteiger partial charge is 0.472 e. The van der Waals surface area contributed by atoms with Crippen LogP contribution in [0.1, 0.15) is 104 Å². The van der Waals surface area contributed by atoms with Crippen LogP contribution in [-0.2, 0) is 42.1 Å². The van der Waals surface area contributed by atoms with E-state index >= 15 is 0 Å². The van der Waals surface area contributed by atoms with Crippen molar-refractivity contribution in [2.75, 3.05) is 20.3 Å². The molecule has 10 nitrogen and oxygen atoms in total. The molecule has 1 saturated heterocycles. The van der Waals surface area contributed by atoms with Gasteiger partial charge in [-0.1, -0.05) is 72.1 Å². The van der Waals surface area contributed by atoms with Gasteiger partial charge in [-0.25, -0.2) is 4.57 Å². The molecular formula is C25H47O10P. The highest BCUT2D eigenvalue weighted by atomic mass is 31.2. The SMILES string of the molecule is CCCCCCCC(=O)OC1C(COP(=O)(O)OCCC)OC(OC)C1OC(=O)CCCCCCC. The first kappa shape index (κ1) is 33.0. The molecule has 212 valence electrons. The Morgan fingerprint density at radius 3 is 1.81 bits per heavy atom. The highest BCUT2D eigenvalue weighted by molar-refractivity contribution is 7.47. The Morgan fingerprint density at radius 1 is 0.778 bits per heavy atom. The van der Waals surface area contributed by atoms with E-state index in [4.69, 9.17) is 28.0 Å². The summed E-state index contributed by atoms with van der Waals surface area (Å²) in [7, 11) is -2.94. The third kappa shape index (κ3) is 13.5. The average Bonchev–Trinajstić information content (AvgIpc) is 3.17. The maximum Gasteiger partial charge on any atom is 0.472 e. The number of esters is 2. The van der Waals surface area contributed by atoms with E-state index in [1.54, 1.807) is 6.92 Å². The maximum atomic E-state index is 12.6. The van der Waals surface area contributed by atoms with E-state index in [1.807, 2.05) is 0 Å². The topological polar surface area (TPSA) is 127 Å². The van der Waals surface area contributed by atoms with E-state index in [-0.39, 0.29) is 19.4 Å². The first-order valence-corrected chi connectivity index (χ1v) is 15.0. The minimum absolute atomic E-state index is 0.0505. The minimum atomic E-state index is -4.32. The van der Waals surface area contributed by atoms with Gasteiger partial charge in [0.05, 0.1) is 13.2 Å². The van der Waals surface area contributed by atoms with Crippen molar-refractivity contribution in [2.45, 2.75) is 129 Å². The Bertz CT molecular complexity index is 659. The van der Waals surface area contributed by atoms with Crippen LogP contribution in [0.4, 0.5) is 0 Å². The number of methoxy groups -OCH3 is 1. The van der Waals surface area contributed by atoms with Gasteiger partial charge in [-0.2, -0.15) is 0 Å². The zero-order valence-electron chi connectivity index (χ0n) is 22.5. The molecule has 1 aliphatic heterocycles. The number of phosphoric ester groups is 1. The fraction of sp³-hybridized carbons (Fsp3) is 0.920. The van der Waals surface area contributed by atoms with Crippen molar-refractivity contribution in [3.8, 4) is 0 Å². The van der Waals surface area contributed by atoms with E-state index < -0.39 is 51.0 Å². The maximum absolute atomic E-state index is 12.6. The highest BCUT2D eigenvalue weighted by Gasteiger charge is 2.50. The summed E-state index contributed by atoms with van der Waals surface area (Å²) in [6.07, 6.45) is 6.66. The van der Waals surface area contributed by atoms with Crippen molar-refractivity contribution >= 4 is 19.8 Å². The standard InChI is InChI=1S/C25H47O10P/c1-5-8-10-12-14-16-21(26)34-23-20(19-32-36(28,29)31-18-7-3)33-25(30-4)24(23)35-22(27)17-15-13-11-9-6-2/h20,23-25H,5-19H2,1-4H3,(H,28,29). The van der Waals surface area contributed by atoms with Crippen LogP contribution in [0.2, 0.25) is 0 Å². The van der Waals surface area contributed by atoms with Crippen molar-refractivity contribution < 1.29 is 47.0 Å². The van der Waals surface area contributed by atoms with Crippen LogP contribution in [0, 0.1) is 0 Å². The van der Waals surface area contributed by atoms with Gasteiger partial charge >= 0.3 is 19.8 Å². The zero-order chi connectivity index (χ0) is 26.8. The molecule has 1 aliphatic rings. The summed E-state index contributed by atoms with van der Waals surface area (Å²) in [5, 5.41) is 0. The van der Waals surface area contributed by atoms with Crippen LogP contribution in [0.25, 0.3) is 0 Å². The van der Waals surface area contributed by atoms with E-state index in [0.29, 0.717) is 19.3 Å². The summed E-state index contributed by atoms with van der Waals surface area (Å²) < 4.78 is 44.5. The Hall–Kier alpha value is -1.03. The molecule has 11 heteroatoms. The van der Waals surface area contributed by atoms with Crippen LogP contribution in [0.5, 0.6) is 0 Å². The number of hydrogen-bond donors (Lipinski definition) is 1. The van der Waals surface area contributed by atoms with Crippen LogP contribution >= 0.6 is 7.82 Å². The molecule has 0 saturated carbocycles. The Morgan fingerprint density at radius 2 is 1.31 bits per heavy atom. The van der Waals surface area contributed by atoms with Gasteiger partial charge in [0, 0.05) is 20.0 Å². The molecule has 1 rings (SSSR count). The predicted molar refractivity (Wildman–Crippen MR) is 134 cm³/mol. The van der Waals surface area contributed by atoms with Gasteiger partial charge < -0.3 is 23.8 Å². The number of rotatable bonds is 21.